The summed E-state index contributed by atoms with van der Waals surface area (Å²) in [7, 11) is -2.04. The van der Waals surface area contributed by atoms with Crippen LogP contribution in [0.2, 0.25) is 0 Å². The van der Waals surface area contributed by atoms with Crippen molar-refractivity contribution in [1.82, 2.24) is 10.4 Å². The van der Waals surface area contributed by atoms with Crippen LogP contribution in [-0.2, 0) is 32.6 Å². The Hall–Kier alpha value is -3.48. The standard InChI is InChI=1S/C39H49N3O7S/c1-23-33-34-30(38(33,3)4)20-39(23,34)40-37(45)35-32(24(2)44)31(22-43)49-42(35)21-27-14-10-16-29(36(27)48-5)26-13-9-15-28(19-26)41-50(46,47)18-17-25-11-7-6-8-12-25/h6-16,19,23-24,30-35,41,43-44H,17-18,20-22H2,1-5H3,(H,40,45)/t23-,24-,30-,31-,32-,33+,34?,35-,39+/m0/s1. The van der Waals surface area contributed by atoms with Crippen molar-refractivity contribution in [3.05, 3.63) is 83.9 Å². The maximum atomic E-state index is 14.2. The van der Waals surface area contributed by atoms with Gasteiger partial charge in [0.1, 0.15) is 17.9 Å². The summed E-state index contributed by atoms with van der Waals surface area (Å²) in [6.45, 7) is 8.37. The Balaban J connectivity index is 1.11. The first kappa shape index (κ1) is 34.9. The largest absolute Gasteiger partial charge is 0.496 e. The van der Waals surface area contributed by atoms with Crippen LogP contribution in [0.3, 0.4) is 0 Å². The molecule has 0 bridgehead atoms. The Labute approximate surface area is 295 Å². The Morgan fingerprint density at radius 2 is 1.82 bits per heavy atom. The van der Waals surface area contributed by atoms with E-state index < -0.39 is 34.2 Å². The zero-order chi connectivity index (χ0) is 35.6. The predicted molar refractivity (Wildman–Crippen MR) is 191 cm³/mol. The smallest absolute Gasteiger partial charge is 0.240 e. The molecule has 0 spiro atoms. The number of carbonyl (C=O) groups excluding carboxylic acids is 1. The number of amides is 1. The van der Waals surface area contributed by atoms with Crippen molar-refractivity contribution in [3.8, 4) is 16.9 Å². The van der Waals surface area contributed by atoms with Gasteiger partial charge in [0.05, 0.1) is 32.1 Å². The number of sulfonamides is 1. The molecule has 3 aliphatic carbocycles. The number of aryl methyl sites for hydroxylation is 1. The number of methoxy groups -OCH3 is 1. The van der Waals surface area contributed by atoms with Crippen LogP contribution in [-0.4, -0.2) is 72.9 Å². The highest BCUT2D eigenvalue weighted by Gasteiger charge is 2.83. The average molecular weight is 704 g/mol. The van der Waals surface area contributed by atoms with Gasteiger partial charge in [0, 0.05) is 28.3 Å². The molecule has 9 atom stereocenters. The van der Waals surface area contributed by atoms with E-state index in [1.165, 1.54) is 0 Å². The van der Waals surface area contributed by atoms with E-state index >= 15 is 0 Å². The van der Waals surface area contributed by atoms with E-state index in [-0.39, 0.29) is 30.4 Å². The third kappa shape index (κ3) is 5.71. The van der Waals surface area contributed by atoms with E-state index in [1.807, 2.05) is 54.6 Å². The molecule has 268 valence electrons. The number of nitrogens with zero attached hydrogens (tertiary/aromatic N) is 1. The molecular formula is C39H49N3O7S. The molecule has 10 nitrogen and oxygen atoms in total. The van der Waals surface area contributed by atoms with Gasteiger partial charge in [-0.05, 0) is 72.1 Å². The van der Waals surface area contributed by atoms with Gasteiger partial charge in [0.25, 0.3) is 0 Å². The Morgan fingerprint density at radius 3 is 2.48 bits per heavy atom. The number of para-hydroxylation sites is 1. The van der Waals surface area contributed by atoms with E-state index in [4.69, 9.17) is 9.57 Å². The van der Waals surface area contributed by atoms with Gasteiger partial charge in [0.15, 0.2) is 0 Å². The summed E-state index contributed by atoms with van der Waals surface area (Å²) in [6.07, 6.45) is -0.299. The highest BCUT2D eigenvalue weighted by Crippen LogP contribution is 2.81. The van der Waals surface area contributed by atoms with Crippen LogP contribution in [0.1, 0.15) is 45.2 Å². The maximum absolute atomic E-state index is 14.2. The minimum Gasteiger partial charge on any atom is -0.496 e. The Kier molecular flexibility index (Phi) is 9.04. The summed E-state index contributed by atoms with van der Waals surface area (Å²) in [6, 6.07) is 21.5. The van der Waals surface area contributed by atoms with Gasteiger partial charge in [-0.3, -0.25) is 14.4 Å². The molecule has 0 radical (unpaired) electrons. The molecular weight excluding hydrogens is 655 g/mol. The number of rotatable bonds is 13. The van der Waals surface area contributed by atoms with E-state index in [0.717, 1.165) is 28.7 Å². The van der Waals surface area contributed by atoms with Crippen LogP contribution in [0.4, 0.5) is 5.69 Å². The molecule has 3 aromatic rings. The van der Waals surface area contributed by atoms with E-state index in [0.29, 0.717) is 46.9 Å². The number of ether oxygens (including phenoxy) is 1. The SMILES string of the molecule is COc1c(CN2O[C@@H](CO)[C@H]([C@H](C)O)[C@H]2C(=O)N[C@@]23C[C@H]4C2[C@@H]([C@@H]3C)C4(C)C)cccc1-c1cccc(NS(=O)(=O)CCc2ccccc2)c1. The van der Waals surface area contributed by atoms with Crippen LogP contribution in [0.5, 0.6) is 5.75 Å². The third-order valence-corrected chi connectivity index (χ3v) is 13.7. The lowest BCUT2D eigenvalue weighted by molar-refractivity contribution is -0.349. The second-order valence-corrected chi connectivity index (χ2v) is 17.2. The minimum absolute atomic E-state index is 0.0489. The fourth-order valence-electron chi connectivity index (χ4n) is 10.0. The van der Waals surface area contributed by atoms with Crippen LogP contribution in [0.25, 0.3) is 11.1 Å². The second kappa shape index (κ2) is 12.9. The summed E-state index contributed by atoms with van der Waals surface area (Å²) < 4.78 is 34.6. The van der Waals surface area contributed by atoms with Crippen LogP contribution < -0.4 is 14.8 Å². The quantitative estimate of drug-likeness (QED) is 0.203. The second-order valence-electron chi connectivity index (χ2n) is 15.4. The van der Waals surface area contributed by atoms with Gasteiger partial charge in [0.2, 0.25) is 15.9 Å². The highest BCUT2D eigenvalue weighted by atomic mass is 32.2. The summed E-state index contributed by atoms with van der Waals surface area (Å²) in [4.78, 5) is 20.5. The Morgan fingerprint density at radius 1 is 1.08 bits per heavy atom. The zero-order valence-electron chi connectivity index (χ0n) is 29.4. The fraction of sp³-hybridized carbons (Fsp3) is 0.513. The number of benzene rings is 3. The van der Waals surface area contributed by atoms with Crippen molar-refractivity contribution in [2.24, 2.45) is 35.0 Å². The molecule has 1 aliphatic heterocycles. The predicted octanol–water partition coefficient (Wildman–Crippen LogP) is 4.62. The van der Waals surface area contributed by atoms with Gasteiger partial charge in [-0.2, -0.15) is 5.06 Å². The first-order valence-corrected chi connectivity index (χ1v) is 19.3. The molecule has 0 aromatic heterocycles. The first-order valence-electron chi connectivity index (χ1n) is 17.7. The number of carbonyl (C=O) groups is 1. The van der Waals surface area contributed by atoms with Gasteiger partial charge < -0.3 is 20.3 Å². The molecule has 50 heavy (non-hydrogen) atoms. The summed E-state index contributed by atoms with van der Waals surface area (Å²) in [5, 5.41) is 26.2. The minimum atomic E-state index is -3.61. The van der Waals surface area contributed by atoms with E-state index in [2.05, 4.69) is 30.8 Å². The number of hydrogen-bond donors (Lipinski definition) is 4. The molecule has 1 amide bonds. The molecule has 1 saturated heterocycles. The normalized spacial score (nSPS) is 31.4. The monoisotopic (exact) mass is 703 g/mol. The lowest BCUT2D eigenvalue weighted by atomic mass is 9.21. The van der Waals surface area contributed by atoms with Crippen molar-refractivity contribution in [3.63, 3.8) is 0 Å². The average Bonchev–Trinajstić information content (AvgIpc) is 3.46. The van der Waals surface area contributed by atoms with E-state index in [1.54, 1.807) is 37.3 Å². The van der Waals surface area contributed by atoms with Crippen molar-refractivity contribution in [2.75, 3.05) is 24.2 Å². The lowest BCUT2D eigenvalue weighted by Crippen LogP contribution is -2.90. The van der Waals surface area contributed by atoms with Gasteiger partial charge in [-0.1, -0.05) is 81.4 Å². The number of aliphatic hydroxyl groups excluding tert-OH is 2. The zero-order valence-corrected chi connectivity index (χ0v) is 30.2. The van der Waals surface area contributed by atoms with Gasteiger partial charge >= 0.3 is 0 Å². The van der Waals surface area contributed by atoms with Crippen molar-refractivity contribution >= 4 is 21.6 Å². The molecule has 4 aliphatic rings. The Bertz CT molecular complexity index is 1840. The fourth-order valence-corrected chi connectivity index (χ4v) is 11.1. The summed E-state index contributed by atoms with van der Waals surface area (Å²) >= 11 is 0. The van der Waals surface area contributed by atoms with Crippen molar-refractivity contribution in [2.45, 2.75) is 70.9 Å². The molecule has 4 N–H and O–H groups in total. The molecule has 3 aromatic carbocycles. The number of nitrogens with one attached hydrogen (secondary N) is 2. The van der Waals surface area contributed by atoms with Gasteiger partial charge in [-0.15, -0.1) is 0 Å². The maximum Gasteiger partial charge on any atom is 0.240 e. The molecule has 4 fully saturated rings. The van der Waals surface area contributed by atoms with Crippen molar-refractivity contribution in [1.29, 1.82) is 0 Å². The molecule has 3 saturated carbocycles. The van der Waals surface area contributed by atoms with Crippen LogP contribution >= 0.6 is 0 Å². The first-order chi connectivity index (χ1) is 23.8. The van der Waals surface area contributed by atoms with E-state index in [9.17, 15) is 23.4 Å². The molecule has 1 unspecified atom stereocenters. The lowest BCUT2D eigenvalue weighted by Gasteiger charge is -2.86. The topological polar surface area (TPSA) is 137 Å². The molecule has 7 rings (SSSR count). The molecule has 11 heteroatoms. The van der Waals surface area contributed by atoms with Gasteiger partial charge in [-0.25, -0.2) is 8.42 Å². The molecule has 1 heterocycles. The van der Waals surface area contributed by atoms with Crippen LogP contribution in [0, 0.1) is 35.0 Å². The highest BCUT2D eigenvalue weighted by molar-refractivity contribution is 7.92. The number of hydroxylamine groups is 2. The van der Waals surface area contributed by atoms with Crippen molar-refractivity contribution < 1.29 is 33.0 Å². The third-order valence-electron chi connectivity index (χ3n) is 12.5. The summed E-state index contributed by atoms with van der Waals surface area (Å²) in [5.41, 5.74) is 3.69. The van der Waals surface area contributed by atoms with Crippen LogP contribution in [0.15, 0.2) is 72.8 Å². The number of hydrogen-bond acceptors (Lipinski definition) is 8. The number of aliphatic hydroxyl groups is 2. The summed E-state index contributed by atoms with van der Waals surface area (Å²) in [5.74, 6) is 1.75. The number of anilines is 1.